The second kappa shape index (κ2) is 4.45. The van der Waals surface area contributed by atoms with Gasteiger partial charge < -0.3 is 5.11 Å². The Kier molecular flexibility index (Phi) is 3.52. The number of nitriles is 1. The Hall–Kier alpha value is -1.82. The Morgan fingerprint density at radius 2 is 1.89 bits per heavy atom. The molecule has 0 aromatic carbocycles. The molecule has 0 bridgehead atoms. The average molecular weight is 244 g/mol. The zero-order valence-electron chi connectivity index (χ0n) is 11.7. The molecule has 1 aromatic heterocycles. The standard InChI is InChI=1S/C15H20N2O/c1-7-15(5,6)12-8-11(14(2,3)4)10(9-16)13(18)17-12/h7-8H,1H2,2-6H3,(H,17,18). The summed E-state index contributed by atoms with van der Waals surface area (Å²) in [5.41, 5.74) is 1.22. The number of nitrogens with zero attached hydrogens (tertiary/aromatic N) is 2. The van der Waals surface area contributed by atoms with Gasteiger partial charge in [0.05, 0.1) is 5.69 Å². The molecule has 0 aliphatic carbocycles. The second-order valence-electron chi connectivity index (χ2n) is 6.04. The zero-order chi connectivity index (χ0) is 14.1. The van der Waals surface area contributed by atoms with Crippen molar-refractivity contribution in [1.29, 1.82) is 5.26 Å². The van der Waals surface area contributed by atoms with Crippen molar-refractivity contribution < 1.29 is 5.11 Å². The summed E-state index contributed by atoms with van der Waals surface area (Å²) in [6, 6.07) is 3.92. The highest BCUT2D eigenvalue weighted by atomic mass is 16.3. The first-order valence-electron chi connectivity index (χ1n) is 5.92. The summed E-state index contributed by atoms with van der Waals surface area (Å²) in [7, 11) is 0. The monoisotopic (exact) mass is 244 g/mol. The van der Waals surface area contributed by atoms with E-state index in [2.05, 4.69) is 11.6 Å². The highest BCUT2D eigenvalue weighted by Crippen LogP contribution is 2.34. The molecule has 0 aliphatic rings. The summed E-state index contributed by atoms with van der Waals surface area (Å²) < 4.78 is 0. The Labute approximate surface area is 109 Å². The average Bonchev–Trinajstić information content (AvgIpc) is 2.26. The largest absolute Gasteiger partial charge is 0.492 e. The van der Waals surface area contributed by atoms with Crippen LogP contribution in [0, 0.1) is 11.3 Å². The predicted molar refractivity (Wildman–Crippen MR) is 72.5 cm³/mol. The fourth-order valence-electron chi connectivity index (χ4n) is 1.67. The molecule has 0 radical (unpaired) electrons. The maximum absolute atomic E-state index is 9.93. The first kappa shape index (κ1) is 14.2. The van der Waals surface area contributed by atoms with Crippen molar-refractivity contribution in [2.75, 3.05) is 0 Å². The number of rotatable bonds is 2. The molecule has 18 heavy (non-hydrogen) atoms. The molecule has 1 N–H and O–H groups in total. The maximum Gasteiger partial charge on any atom is 0.229 e. The molecule has 3 heteroatoms. The van der Waals surface area contributed by atoms with E-state index in [4.69, 9.17) is 5.26 Å². The fourth-order valence-corrected chi connectivity index (χ4v) is 1.67. The van der Waals surface area contributed by atoms with Crippen LogP contribution in [0.2, 0.25) is 0 Å². The third-order valence-electron chi connectivity index (χ3n) is 3.09. The van der Waals surface area contributed by atoms with Crippen LogP contribution in [0.1, 0.15) is 51.4 Å². The second-order valence-corrected chi connectivity index (χ2v) is 6.04. The number of aromatic nitrogens is 1. The third-order valence-corrected chi connectivity index (χ3v) is 3.09. The van der Waals surface area contributed by atoms with E-state index in [0.29, 0.717) is 0 Å². The molecule has 0 amide bonds. The van der Waals surface area contributed by atoms with Gasteiger partial charge in [-0.2, -0.15) is 5.26 Å². The smallest absolute Gasteiger partial charge is 0.229 e. The lowest BCUT2D eigenvalue weighted by molar-refractivity contribution is 0.439. The number of allylic oxidation sites excluding steroid dienone is 1. The predicted octanol–water partition coefficient (Wildman–Crippen LogP) is 3.42. The van der Waals surface area contributed by atoms with Crippen LogP contribution < -0.4 is 0 Å². The number of hydrogen-bond acceptors (Lipinski definition) is 3. The molecule has 3 nitrogen and oxygen atoms in total. The van der Waals surface area contributed by atoms with Gasteiger partial charge in [0.2, 0.25) is 5.88 Å². The third kappa shape index (κ3) is 2.53. The van der Waals surface area contributed by atoms with E-state index in [1.165, 1.54) is 0 Å². The van der Waals surface area contributed by atoms with Crippen LogP contribution >= 0.6 is 0 Å². The number of pyridine rings is 1. The van der Waals surface area contributed by atoms with Crippen molar-refractivity contribution in [3.05, 3.63) is 35.5 Å². The summed E-state index contributed by atoms with van der Waals surface area (Å²) in [5.74, 6) is -0.199. The van der Waals surface area contributed by atoms with Gasteiger partial charge in [0.1, 0.15) is 11.6 Å². The molecule has 1 heterocycles. The van der Waals surface area contributed by atoms with E-state index >= 15 is 0 Å². The van der Waals surface area contributed by atoms with Gasteiger partial charge in [-0.3, -0.25) is 0 Å². The van der Waals surface area contributed by atoms with E-state index in [-0.39, 0.29) is 22.3 Å². The van der Waals surface area contributed by atoms with Crippen molar-refractivity contribution in [3.8, 4) is 11.9 Å². The minimum Gasteiger partial charge on any atom is -0.492 e. The van der Waals surface area contributed by atoms with Gasteiger partial charge in [0.15, 0.2) is 0 Å². The van der Waals surface area contributed by atoms with Crippen LogP contribution in [-0.2, 0) is 10.8 Å². The summed E-state index contributed by atoms with van der Waals surface area (Å²) in [6.45, 7) is 13.8. The van der Waals surface area contributed by atoms with Gasteiger partial charge in [0, 0.05) is 5.41 Å². The summed E-state index contributed by atoms with van der Waals surface area (Å²) in [6.07, 6.45) is 1.78. The lowest BCUT2D eigenvalue weighted by atomic mass is 9.80. The SMILES string of the molecule is C=CC(C)(C)c1cc(C(C)(C)C)c(C#N)c(O)n1. The normalized spacial score (nSPS) is 12.0. The molecule has 0 unspecified atom stereocenters. The van der Waals surface area contributed by atoms with Gasteiger partial charge in [0.25, 0.3) is 0 Å². The van der Waals surface area contributed by atoms with E-state index in [1.54, 1.807) is 6.08 Å². The highest BCUT2D eigenvalue weighted by Gasteiger charge is 2.26. The molecular formula is C15H20N2O. The lowest BCUT2D eigenvalue weighted by Crippen LogP contribution is -2.20. The molecule has 1 rings (SSSR count). The van der Waals surface area contributed by atoms with E-state index in [1.807, 2.05) is 46.8 Å². The molecule has 0 saturated carbocycles. The topological polar surface area (TPSA) is 56.9 Å². The Balaban J connectivity index is 3.61. The van der Waals surface area contributed by atoms with E-state index < -0.39 is 0 Å². The van der Waals surface area contributed by atoms with Crippen LogP contribution in [0.4, 0.5) is 0 Å². The summed E-state index contributed by atoms with van der Waals surface area (Å²) in [4.78, 5) is 4.12. The Bertz CT molecular complexity index is 517. The van der Waals surface area contributed by atoms with Crippen molar-refractivity contribution in [1.82, 2.24) is 4.98 Å². The molecule has 0 fully saturated rings. The molecule has 1 aromatic rings. The van der Waals surface area contributed by atoms with Crippen LogP contribution in [0.15, 0.2) is 18.7 Å². The summed E-state index contributed by atoms with van der Waals surface area (Å²) in [5, 5.41) is 19.1. The van der Waals surface area contributed by atoms with E-state index in [0.717, 1.165) is 11.3 Å². The fraction of sp³-hybridized carbons (Fsp3) is 0.467. The quantitative estimate of drug-likeness (QED) is 0.811. The zero-order valence-corrected chi connectivity index (χ0v) is 11.7. The first-order chi connectivity index (χ1) is 8.13. The van der Waals surface area contributed by atoms with E-state index in [9.17, 15) is 5.11 Å². The van der Waals surface area contributed by atoms with Crippen molar-refractivity contribution in [2.24, 2.45) is 0 Å². The first-order valence-corrected chi connectivity index (χ1v) is 5.92. The van der Waals surface area contributed by atoms with Crippen LogP contribution in [-0.4, -0.2) is 10.1 Å². The molecule has 0 spiro atoms. The highest BCUT2D eigenvalue weighted by molar-refractivity contribution is 5.49. The minimum absolute atomic E-state index is 0.199. The maximum atomic E-state index is 9.93. The molecule has 0 aliphatic heterocycles. The van der Waals surface area contributed by atoms with Gasteiger partial charge in [-0.15, -0.1) is 6.58 Å². The minimum atomic E-state index is -0.342. The van der Waals surface area contributed by atoms with Gasteiger partial charge in [-0.1, -0.05) is 40.7 Å². The number of hydrogen-bond donors (Lipinski definition) is 1. The van der Waals surface area contributed by atoms with Crippen LogP contribution in [0.25, 0.3) is 0 Å². The van der Waals surface area contributed by atoms with Gasteiger partial charge >= 0.3 is 0 Å². The van der Waals surface area contributed by atoms with Crippen molar-refractivity contribution in [2.45, 2.75) is 45.4 Å². The van der Waals surface area contributed by atoms with Crippen molar-refractivity contribution >= 4 is 0 Å². The van der Waals surface area contributed by atoms with Gasteiger partial charge in [-0.25, -0.2) is 4.98 Å². The molecular weight excluding hydrogens is 224 g/mol. The molecule has 0 atom stereocenters. The Morgan fingerprint density at radius 1 is 1.33 bits per heavy atom. The van der Waals surface area contributed by atoms with Crippen molar-refractivity contribution in [3.63, 3.8) is 0 Å². The molecule has 0 saturated heterocycles. The number of aromatic hydroxyl groups is 1. The van der Waals surface area contributed by atoms with Crippen LogP contribution in [0.3, 0.4) is 0 Å². The summed E-state index contributed by atoms with van der Waals surface area (Å²) >= 11 is 0. The Morgan fingerprint density at radius 3 is 2.28 bits per heavy atom. The lowest BCUT2D eigenvalue weighted by Gasteiger charge is -2.25. The van der Waals surface area contributed by atoms with Gasteiger partial charge in [-0.05, 0) is 17.0 Å². The molecule has 96 valence electrons. The van der Waals surface area contributed by atoms with Crippen LogP contribution in [0.5, 0.6) is 5.88 Å².